The second kappa shape index (κ2) is 8.48. The zero-order chi connectivity index (χ0) is 17.6. The lowest BCUT2D eigenvalue weighted by molar-refractivity contribution is -0.117. The molecule has 0 N–H and O–H groups in total. The third-order valence-electron chi connectivity index (χ3n) is 4.96. The molecule has 0 spiro atoms. The van der Waals surface area contributed by atoms with E-state index in [1.807, 2.05) is 29.2 Å². The second-order valence-corrected chi connectivity index (χ2v) is 6.94. The Kier molecular flexibility index (Phi) is 6.08. The predicted molar refractivity (Wildman–Crippen MR) is 97.8 cm³/mol. The van der Waals surface area contributed by atoms with E-state index >= 15 is 0 Å². The zero-order valence-electron chi connectivity index (χ0n) is 15.1. The quantitative estimate of drug-likeness (QED) is 0.796. The van der Waals surface area contributed by atoms with Gasteiger partial charge in [0.2, 0.25) is 5.91 Å². The predicted octanol–water partition coefficient (Wildman–Crippen LogP) is 3.23. The summed E-state index contributed by atoms with van der Waals surface area (Å²) in [5.41, 5.74) is 1.49. The third kappa shape index (κ3) is 4.40. The molecular formula is C20H28N2O3. The normalized spacial score (nSPS) is 20.8. The summed E-state index contributed by atoms with van der Waals surface area (Å²) in [6.45, 7) is 5.00. The van der Waals surface area contributed by atoms with Crippen LogP contribution in [0, 0.1) is 0 Å². The van der Waals surface area contributed by atoms with Crippen LogP contribution in [0.5, 0.6) is 0 Å². The van der Waals surface area contributed by atoms with Gasteiger partial charge in [-0.25, -0.2) is 0 Å². The van der Waals surface area contributed by atoms with Crippen LogP contribution in [0.4, 0.5) is 5.69 Å². The highest BCUT2D eigenvalue weighted by Crippen LogP contribution is 2.23. The zero-order valence-corrected chi connectivity index (χ0v) is 15.1. The molecule has 0 unspecified atom stereocenters. The molecule has 136 valence electrons. The Morgan fingerprint density at radius 1 is 1.32 bits per heavy atom. The Balaban J connectivity index is 1.73. The summed E-state index contributed by atoms with van der Waals surface area (Å²) in [6.07, 6.45) is 5.86. The van der Waals surface area contributed by atoms with Crippen molar-refractivity contribution in [1.29, 1.82) is 0 Å². The van der Waals surface area contributed by atoms with Crippen molar-refractivity contribution in [2.24, 2.45) is 0 Å². The van der Waals surface area contributed by atoms with Crippen LogP contribution in [0.1, 0.15) is 55.8 Å². The molecule has 5 heteroatoms. The summed E-state index contributed by atoms with van der Waals surface area (Å²) in [5.74, 6) is 0.176. The van der Waals surface area contributed by atoms with Crippen LogP contribution in [0.2, 0.25) is 0 Å². The van der Waals surface area contributed by atoms with Crippen LogP contribution in [-0.4, -0.2) is 49.1 Å². The first-order valence-electron chi connectivity index (χ1n) is 9.50. The molecule has 0 radical (unpaired) electrons. The minimum absolute atomic E-state index is 0.0320. The summed E-state index contributed by atoms with van der Waals surface area (Å²) in [5, 5.41) is 0. The topological polar surface area (TPSA) is 49.9 Å². The van der Waals surface area contributed by atoms with Crippen LogP contribution >= 0.6 is 0 Å². The SMILES string of the molecule is CCCN(C[C@@H]1CCCCO1)C(=O)c1cccc(N2CCCC2=O)c1. The monoisotopic (exact) mass is 344 g/mol. The molecule has 2 saturated heterocycles. The van der Waals surface area contributed by atoms with Gasteiger partial charge in [0, 0.05) is 43.9 Å². The van der Waals surface area contributed by atoms with Crippen molar-refractivity contribution in [3.05, 3.63) is 29.8 Å². The van der Waals surface area contributed by atoms with E-state index in [9.17, 15) is 9.59 Å². The molecule has 0 aromatic heterocycles. The number of hydrogen-bond acceptors (Lipinski definition) is 3. The average Bonchev–Trinajstić information content (AvgIpc) is 3.08. The van der Waals surface area contributed by atoms with Crippen molar-refractivity contribution in [3.63, 3.8) is 0 Å². The number of rotatable bonds is 6. The molecule has 25 heavy (non-hydrogen) atoms. The summed E-state index contributed by atoms with van der Waals surface area (Å²) in [7, 11) is 0. The number of ether oxygens (including phenoxy) is 1. The van der Waals surface area contributed by atoms with E-state index in [0.29, 0.717) is 18.5 Å². The highest BCUT2D eigenvalue weighted by Gasteiger charge is 2.25. The largest absolute Gasteiger partial charge is 0.376 e. The van der Waals surface area contributed by atoms with E-state index in [0.717, 1.165) is 51.1 Å². The van der Waals surface area contributed by atoms with Crippen LogP contribution in [-0.2, 0) is 9.53 Å². The van der Waals surface area contributed by atoms with E-state index in [-0.39, 0.29) is 17.9 Å². The molecule has 3 rings (SSSR count). The molecule has 1 atom stereocenters. The summed E-state index contributed by atoms with van der Waals surface area (Å²) in [4.78, 5) is 28.7. The highest BCUT2D eigenvalue weighted by molar-refractivity contribution is 5.99. The van der Waals surface area contributed by atoms with Gasteiger partial charge in [0.25, 0.3) is 5.91 Å². The second-order valence-electron chi connectivity index (χ2n) is 6.94. The van der Waals surface area contributed by atoms with Gasteiger partial charge in [-0.15, -0.1) is 0 Å². The maximum atomic E-state index is 13.0. The molecule has 2 fully saturated rings. The summed E-state index contributed by atoms with van der Waals surface area (Å²) >= 11 is 0. The number of carbonyl (C=O) groups excluding carboxylic acids is 2. The molecule has 5 nitrogen and oxygen atoms in total. The summed E-state index contributed by atoms with van der Waals surface area (Å²) in [6, 6.07) is 7.48. The van der Waals surface area contributed by atoms with Gasteiger partial charge in [-0.05, 0) is 50.3 Å². The Labute approximate surface area is 149 Å². The first kappa shape index (κ1) is 17.9. The molecule has 0 aliphatic carbocycles. The first-order valence-corrected chi connectivity index (χ1v) is 9.50. The van der Waals surface area contributed by atoms with Gasteiger partial charge < -0.3 is 14.5 Å². The lowest BCUT2D eigenvalue weighted by Gasteiger charge is -2.30. The van der Waals surface area contributed by atoms with Crippen molar-refractivity contribution in [2.75, 3.05) is 31.1 Å². The standard InChI is InChI=1S/C20H28N2O3/c1-2-11-21(15-18-9-3-4-13-25-18)20(24)16-7-5-8-17(14-16)22-12-6-10-19(22)23/h5,7-8,14,18H,2-4,6,9-13,15H2,1H3/t18-/m0/s1. The fraction of sp³-hybridized carbons (Fsp3) is 0.600. The van der Waals surface area contributed by atoms with Crippen molar-refractivity contribution >= 4 is 17.5 Å². The fourth-order valence-electron chi connectivity index (χ4n) is 3.65. The van der Waals surface area contributed by atoms with Crippen LogP contribution in [0.3, 0.4) is 0 Å². The lowest BCUT2D eigenvalue weighted by atomic mass is 10.1. The van der Waals surface area contributed by atoms with E-state index in [2.05, 4.69) is 6.92 Å². The fourth-order valence-corrected chi connectivity index (χ4v) is 3.65. The Hall–Kier alpha value is -1.88. The molecular weight excluding hydrogens is 316 g/mol. The molecule has 1 aromatic rings. The van der Waals surface area contributed by atoms with E-state index in [1.165, 1.54) is 6.42 Å². The smallest absolute Gasteiger partial charge is 0.254 e. The summed E-state index contributed by atoms with van der Waals surface area (Å²) < 4.78 is 5.81. The number of anilines is 1. The van der Waals surface area contributed by atoms with Gasteiger partial charge in [-0.1, -0.05) is 13.0 Å². The van der Waals surface area contributed by atoms with Gasteiger partial charge in [-0.3, -0.25) is 9.59 Å². The van der Waals surface area contributed by atoms with Crippen LogP contribution in [0.25, 0.3) is 0 Å². The molecule has 0 bridgehead atoms. The van der Waals surface area contributed by atoms with Crippen molar-refractivity contribution in [1.82, 2.24) is 4.90 Å². The molecule has 1 aromatic carbocycles. The van der Waals surface area contributed by atoms with Gasteiger partial charge in [0.05, 0.1) is 6.10 Å². The number of amides is 2. The average molecular weight is 344 g/mol. The maximum Gasteiger partial charge on any atom is 0.254 e. The Bertz CT molecular complexity index is 611. The van der Waals surface area contributed by atoms with E-state index < -0.39 is 0 Å². The van der Waals surface area contributed by atoms with Crippen LogP contribution in [0.15, 0.2) is 24.3 Å². The van der Waals surface area contributed by atoms with Crippen LogP contribution < -0.4 is 4.90 Å². The molecule has 0 saturated carbocycles. The Morgan fingerprint density at radius 2 is 2.20 bits per heavy atom. The lowest BCUT2D eigenvalue weighted by Crippen LogP contribution is -2.40. The third-order valence-corrected chi connectivity index (χ3v) is 4.96. The van der Waals surface area contributed by atoms with E-state index in [1.54, 1.807) is 4.90 Å². The minimum Gasteiger partial charge on any atom is -0.376 e. The van der Waals surface area contributed by atoms with E-state index in [4.69, 9.17) is 4.74 Å². The van der Waals surface area contributed by atoms with Gasteiger partial charge in [0.1, 0.15) is 0 Å². The minimum atomic E-state index is 0.0320. The van der Waals surface area contributed by atoms with Gasteiger partial charge in [-0.2, -0.15) is 0 Å². The molecule has 2 amide bonds. The number of benzene rings is 1. The maximum absolute atomic E-state index is 13.0. The molecule has 2 aliphatic heterocycles. The van der Waals surface area contributed by atoms with Gasteiger partial charge >= 0.3 is 0 Å². The molecule has 2 heterocycles. The van der Waals surface area contributed by atoms with Crippen molar-refractivity contribution < 1.29 is 14.3 Å². The molecule has 2 aliphatic rings. The van der Waals surface area contributed by atoms with Crippen molar-refractivity contribution in [2.45, 2.75) is 51.6 Å². The highest BCUT2D eigenvalue weighted by atomic mass is 16.5. The first-order chi connectivity index (χ1) is 12.2. The van der Waals surface area contributed by atoms with Gasteiger partial charge in [0.15, 0.2) is 0 Å². The van der Waals surface area contributed by atoms with Crippen molar-refractivity contribution in [3.8, 4) is 0 Å². The Morgan fingerprint density at radius 3 is 2.88 bits per heavy atom. The number of nitrogens with zero attached hydrogens (tertiary/aromatic N) is 2. The number of carbonyl (C=O) groups is 2. The number of hydrogen-bond donors (Lipinski definition) is 0.